The van der Waals surface area contributed by atoms with Crippen molar-refractivity contribution in [2.45, 2.75) is 6.42 Å². The standard InChI is InChI=1S/C25H15N7O4/c26-12-16-22(27-25(28-24(16)35)32-21(34)11-20(33)29-32)17-13-31(15-7-2-1-3-8-15)30-23(17)19-10-14-6-4-5-9-18(14)36-19/h1-10,13H,11H2,(H,29,33)(H,27,28,35). The van der Waals surface area contributed by atoms with E-state index in [-0.39, 0.29) is 23.6 Å². The number of nitrogens with zero attached hydrogens (tertiary/aromatic N) is 5. The fraction of sp³-hybridized carbons (Fsp3) is 0.0400. The van der Waals surface area contributed by atoms with Gasteiger partial charge in [0.1, 0.15) is 35.0 Å². The smallest absolute Gasteiger partial charge is 0.270 e. The summed E-state index contributed by atoms with van der Waals surface area (Å²) in [5.41, 5.74) is 3.33. The first kappa shape index (κ1) is 21.1. The number of fused-ring (bicyclic) bond motifs is 1. The highest BCUT2D eigenvalue weighted by atomic mass is 16.3. The van der Waals surface area contributed by atoms with Crippen LogP contribution in [0, 0.1) is 11.3 Å². The molecule has 0 unspecified atom stereocenters. The van der Waals surface area contributed by atoms with Gasteiger partial charge in [0.15, 0.2) is 5.76 Å². The van der Waals surface area contributed by atoms with E-state index >= 15 is 0 Å². The van der Waals surface area contributed by atoms with Gasteiger partial charge in [-0.05, 0) is 24.3 Å². The number of carbonyl (C=O) groups excluding carboxylic acids is 2. The van der Waals surface area contributed by atoms with E-state index in [2.05, 4.69) is 15.4 Å². The van der Waals surface area contributed by atoms with E-state index in [1.807, 2.05) is 60.7 Å². The van der Waals surface area contributed by atoms with Gasteiger partial charge in [-0.1, -0.05) is 36.4 Å². The fourth-order valence-corrected chi connectivity index (χ4v) is 4.02. The van der Waals surface area contributed by atoms with Gasteiger partial charge in [-0.25, -0.2) is 9.67 Å². The number of aromatic nitrogens is 4. The number of H-pyrrole nitrogens is 1. The topological polar surface area (TPSA) is 150 Å². The van der Waals surface area contributed by atoms with Crippen molar-refractivity contribution in [3.8, 4) is 34.5 Å². The minimum Gasteiger partial charge on any atom is -0.454 e. The molecule has 2 aromatic carbocycles. The first-order chi connectivity index (χ1) is 17.5. The number of furan rings is 1. The summed E-state index contributed by atoms with van der Waals surface area (Å²) in [6.07, 6.45) is 1.25. The van der Waals surface area contributed by atoms with Gasteiger partial charge in [-0.2, -0.15) is 15.4 Å². The Morgan fingerprint density at radius 2 is 1.78 bits per heavy atom. The molecule has 11 nitrogen and oxygen atoms in total. The molecule has 4 heterocycles. The van der Waals surface area contributed by atoms with Crippen molar-refractivity contribution in [3.63, 3.8) is 0 Å². The quantitative estimate of drug-likeness (QED) is 0.378. The predicted octanol–water partition coefficient (Wildman–Crippen LogP) is 2.68. The summed E-state index contributed by atoms with van der Waals surface area (Å²) in [5, 5.41) is 16.2. The number of rotatable bonds is 4. The number of amides is 2. The van der Waals surface area contributed by atoms with Gasteiger partial charge < -0.3 is 4.42 Å². The van der Waals surface area contributed by atoms with Crippen LogP contribution >= 0.6 is 0 Å². The summed E-state index contributed by atoms with van der Waals surface area (Å²) in [4.78, 5) is 43.6. The molecule has 1 fully saturated rings. The normalized spacial score (nSPS) is 13.2. The lowest BCUT2D eigenvalue weighted by molar-refractivity contribution is -0.122. The molecule has 1 saturated heterocycles. The molecule has 0 spiro atoms. The maximum atomic E-state index is 12.9. The van der Waals surface area contributed by atoms with Crippen molar-refractivity contribution >= 4 is 28.7 Å². The molecule has 0 radical (unpaired) electrons. The zero-order valence-electron chi connectivity index (χ0n) is 18.4. The summed E-state index contributed by atoms with van der Waals surface area (Å²) in [7, 11) is 0. The van der Waals surface area contributed by atoms with Crippen LogP contribution in [0.25, 0.3) is 39.4 Å². The molecular formula is C25H15N7O4. The Bertz CT molecular complexity index is 1740. The van der Waals surface area contributed by atoms with Crippen LogP contribution in [-0.4, -0.2) is 31.6 Å². The summed E-state index contributed by atoms with van der Waals surface area (Å²) in [5.74, 6) is -0.934. The Morgan fingerprint density at radius 3 is 2.50 bits per heavy atom. The van der Waals surface area contributed by atoms with E-state index in [9.17, 15) is 19.6 Å². The number of benzene rings is 2. The van der Waals surface area contributed by atoms with Crippen molar-refractivity contribution in [3.05, 3.63) is 82.8 Å². The number of hydrogen-bond donors (Lipinski definition) is 2. The monoisotopic (exact) mass is 477 g/mol. The molecular weight excluding hydrogens is 462 g/mol. The van der Waals surface area contributed by atoms with Crippen molar-refractivity contribution in [1.29, 1.82) is 5.26 Å². The molecule has 0 bridgehead atoms. The van der Waals surface area contributed by atoms with Crippen LogP contribution in [0.4, 0.5) is 5.95 Å². The van der Waals surface area contributed by atoms with Gasteiger partial charge in [0, 0.05) is 11.6 Å². The number of anilines is 1. The minimum absolute atomic E-state index is 0.0113. The third-order valence-electron chi connectivity index (χ3n) is 5.68. The number of carbonyl (C=O) groups is 2. The molecule has 36 heavy (non-hydrogen) atoms. The second kappa shape index (κ2) is 8.07. The lowest BCUT2D eigenvalue weighted by atomic mass is 10.1. The Labute approximate surface area is 202 Å². The highest BCUT2D eigenvalue weighted by Crippen LogP contribution is 2.35. The van der Waals surface area contributed by atoms with E-state index in [1.165, 1.54) is 0 Å². The van der Waals surface area contributed by atoms with Gasteiger partial charge in [-0.15, -0.1) is 0 Å². The highest BCUT2D eigenvalue weighted by molar-refractivity contribution is 6.11. The zero-order valence-corrected chi connectivity index (χ0v) is 18.4. The number of nitriles is 1. The molecule has 11 heteroatoms. The van der Waals surface area contributed by atoms with Gasteiger partial charge in [0.25, 0.3) is 11.5 Å². The molecule has 5 aromatic rings. The third kappa shape index (κ3) is 3.41. The second-order valence-corrected chi connectivity index (χ2v) is 7.99. The SMILES string of the molecule is N#Cc1c(-c2cn(-c3ccccc3)nc2-c2cc3ccccc3o2)nc(N2NC(=O)CC2=O)[nH]c1=O. The largest absolute Gasteiger partial charge is 0.454 e. The Hall–Kier alpha value is -5.50. The van der Waals surface area contributed by atoms with E-state index in [4.69, 9.17) is 9.52 Å². The van der Waals surface area contributed by atoms with Gasteiger partial charge in [0.05, 0.1) is 11.3 Å². The molecule has 1 aliphatic rings. The van der Waals surface area contributed by atoms with Crippen LogP contribution in [0.1, 0.15) is 12.0 Å². The number of nitrogens with one attached hydrogen (secondary N) is 2. The summed E-state index contributed by atoms with van der Waals surface area (Å²) in [6.45, 7) is 0. The van der Waals surface area contributed by atoms with Gasteiger partial charge in [-0.3, -0.25) is 24.8 Å². The average Bonchev–Trinajstić information content (AvgIpc) is 3.60. The number of para-hydroxylation sites is 2. The lowest BCUT2D eigenvalue weighted by Gasteiger charge is -2.14. The fourth-order valence-electron chi connectivity index (χ4n) is 4.02. The molecule has 0 atom stereocenters. The van der Waals surface area contributed by atoms with Crippen molar-refractivity contribution in [2.75, 3.05) is 5.01 Å². The third-order valence-corrected chi connectivity index (χ3v) is 5.68. The molecule has 2 N–H and O–H groups in total. The van der Waals surface area contributed by atoms with Crippen molar-refractivity contribution in [2.24, 2.45) is 0 Å². The molecule has 3 aromatic heterocycles. The molecule has 0 aliphatic carbocycles. The van der Waals surface area contributed by atoms with E-state index < -0.39 is 17.4 Å². The summed E-state index contributed by atoms with van der Waals surface area (Å²) in [6, 6.07) is 20.4. The van der Waals surface area contributed by atoms with Crippen LogP contribution in [0.15, 0.2) is 76.1 Å². The van der Waals surface area contributed by atoms with E-state index in [0.29, 0.717) is 22.6 Å². The first-order valence-electron chi connectivity index (χ1n) is 10.8. The average molecular weight is 477 g/mol. The molecule has 1 aliphatic heterocycles. The zero-order chi connectivity index (χ0) is 24.8. The van der Waals surface area contributed by atoms with Crippen molar-refractivity contribution in [1.82, 2.24) is 25.2 Å². The Balaban J connectivity index is 1.61. The second-order valence-electron chi connectivity index (χ2n) is 7.99. The minimum atomic E-state index is -0.769. The van der Waals surface area contributed by atoms with E-state index in [0.717, 1.165) is 16.1 Å². The van der Waals surface area contributed by atoms with Gasteiger partial charge >= 0.3 is 0 Å². The number of hydrazine groups is 1. The van der Waals surface area contributed by atoms with Crippen molar-refractivity contribution < 1.29 is 14.0 Å². The Kier molecular flexibility index (Phi) is 4.72. The number of aromatic amines is 1. The van der Waals surface area contributed by atoms with Crippen LogP contribution in [0.3, 0.4) is 0 Å². The lowest BCUT2D eigenvalue weighted by Crippen LogP contribution is -2.38. The maximum Gasteiger partial charge on any atom is 0.270 e. The maximum absolute atomic E-state index is 12.9. The van der Waals surface area contributed by atoms with Crippen LogP contribution < -0.4 is 16.0 Å². The van der Waals surface area contributed by atoms with E-state index in [1.54, 1.807) is 16.9 Å². The predicted molar refractivity (Wildman–Crippen MR) is 128 cm³/mol. The summed E-state index contributed by atoms with van der Waals surface area (Å²) >= 11 is 0. The van der Waals surface area contributed by atoms with Crippen LogP contribution in [-0.2, 0) is 9.59 Å². The molecule has 6 rings (SSSR count). The van der Waals surface area contributed by atoms with Gasteiger partial charge in [0.2, 0.25) is 11.9 Å². The highest BCUT2D eigenvalue weighted by Gasteiger charge is 2.32. The first-order valence-corrected chi connectivity index (χ1v) is 10.8. The molecule has 174 valence electrons. The van der Waals surface area contributed by atoms with Crippen LogP contribution in [0.5, 0.6) is 0 Å². The molecule has 2 amide bonds. The van der Waals surface area contributed by atoms with Crippen LogP contribution in [0.2, 0.25) is 0 Å². The summed E-state index contributed by atoms with van der Waals surface area (Å²) < 4.78 is 7.62. The number of hydrogen-bond acceptors (Lipinski definition) is 7. The Morgan fingerprint density at radius 1 is 1.00 bits per heavy atom. The molecule has 0 saturated carbocycles.